The van der Waals surface area contributed by atoms with Crippen molar-refractivity contribution in [2.24, 2.45) is 0 Å². The summed E-state index contributed by atoms with van der Waals surface area (Å²) in [5.41, 5.74) is 3.09. The van der Waals surface area contributed by atoms with Gasteiger partial charge in [0.2, 0.25) is 5.91 Å². The number of aliphatic hydroxyl groups excluding tert-OH is 2. The molecule has 8 nitrogen and oxygen atoms in total. The highest BCUT2D eigenvalue weighted by atomic mass is 127. The van der Waals surface area contributed by atoms with E-state index in [9.17, 15) is 14.7 Å². The molecule has 1 aliphatic rings. The zero-order valence-electron chi connectivity index (χ0n) is 20.6. The molecule has 1 heterocycles. The lowest BCUT2D eigenvalue weighted by atomic mass is 9.91. The SMILES string of the molecule is Cc1cc(I)ccc1NC(=O)[C@H]([C@@H](C)c1ccccc1)N1C(=O)N[C@H](c2ccc(OCCO)cc2)[C@H]1O. The van der Waals surface area contributed by atoms with Crippen LogP contribution in [0, 0.1) is 10.5 Å². The molecule has 0 unspecified atom stereocenters. The van der Waals surface area contributed by atoms with Crippen molar-refractivity contribution in [1.29, 1.82) is 0 Å². The molecule has 0 saturated carbocycles. The topological polar surface area (TPSA) is 111 Å². The van der Waals surface area contributed by atoms with Gasteiger partial charge in [-0.15, -0.1) is 0 Å². The number of aliphatic hydroxyl groups is 2. The number of amides is 3. The first kappa shape index (κ1) is 26.9. The average Bonchev–Trinajstić information content (AvgIpc) is 3.19. The number of nitrogens with zero attached hydrogens (tertiary/aromatic N) is 1. The molecule has 3 amide bonds. The van der Waals surface area contributed by atoms with Crippen LogP contribution in [0.2, 0.25) is 0 Å². The second kappa shape index (κ2) is 11.9. The van der Waals surface area contributed by atoms with E-state index in [1.807, 2.05) is 62.4 Å². The van der Waals surface area contributed by atoms with Crippen molar-refractivity contribution >= 4 is 40.2 Å². The summed E-state index contributed by atoms with van der Waals surface area (Å²) < 4.78 is 6.45. The minimum absolute atomic E-state index is 0.0983. The number of carbonyl (C=O) groups excluding carboxylic acids is 2. The van der Waals surface area contributed by atoms with Crippen LogP contribution in [-0.4, -0.2) is 52.5 Å². The van der Waals surface area contributed by atoms with E-state index in [-0.39, 0.29) is 19.1 Å². The van der Waals surface area contributed by atoms with E-state index in [0.717, 1.165) is 14.7 Å². The van der Waals surface area contributed by atoms with Crippen LogP contribution in [0.25, 0.3) is 0 Å². The van der Waals surface area contributed by atoms with Gasteiger partial charge in [0.25, 0.3) is 0 Å². The van der Waals surface area contributed by atoms with E-state index in [4.69, 9.17) is 9.84 Å². The largest absolute Gasteiger partial charge is 0.491 e. The summed E-state index contributed by atoms with van der Waals surface area (Å²) in [7, 11) is 0. The molecule has 4 rings (SSSR count). The molecule has 4 N–H and O–H groups in total. The smallest absolute Gasteiger partial charge is 0.320 e. The third-order valence-electron chi connectivity index (χ3n) is 6.51. The van der Waals surface area contributed by atoms with Crippen molar-refractivity contribution in [1.82, 2.24) is 10.2 Å². The van der Waals surface area contributed by atoms with Gasteiger partial charge in [-0.05, 0) is 76.5 Å². The van der Waals surface area contributed by atoms with Crippen molar-refractivity contribution in [3.63, 3.8) is 0 Å². The fourth-order valence-electron chi connectivity index (χ4n) is 4.55. The Labute approximate surface area is 229 Å². The van der Waals surface area contributed by atoms with Crippen LogP contribution in [0.15, 0.2) is 72.8 Å². The van der Waals surface area contributed by atoms with E-state index in [1.54, 1.807) is 24.3 Å². The van der Waals surface area contributed by atoms with Gasteiger partial charge in [0.05, 0.1) is 6.61 Å². The minimum Gasteiger partial charge on any atom is -0.491 e. The van der Waals surface area contributed by atoms with E-state index < -0.39 is 30.3 Å². The van der Waals surface area contributed by atoms with E-state index in [0.29, 0.717) is 17.0 Å². The highest BCUT2D eigenvalue weighted by Crippen LogP contribution is 2.34. The van der Waals surface area contributed by atoms with Crippen molar-refractivity contribution in [3.05, 3.63) is 93.1 Å². The summed E-state index contributed by atoms with van der Waals surface area (Å²) in [6, 6.07) is 19.8. The van der Waals surface area contributed by atoms with Crippen LogP contribution in [0.3, 0.4) is 0 Å². The number of anilines is 1. The van der Waals surface area contributed by atoms with Gasteiger partial charge in [-0.2, -0.15) is 0 Å². The van der Waals surface area contributed by atoms with Crippen molar-refractivity contribution < 1.29 is 24.5 Å². The first-order chi connectivity index (χ1) is 17.8. The zero-order chi connectivity index (χ0) is 26.5. The Balaban J connectivity index is 1.64. The van der Waals surface area contributed by atoms with Crippen LogP contribution in [0.1, 0.15) is 35.6 Å². The van der Waals surface area contributed by atoms with Gasteiger partial charge in [-0.25, -0.2) is 4.79 Å². The fraction of sp³-hybridized carbons (Fsp3) is 0.286. The summed E-state index contributed by atoms with van der Waals surface area (Å²) in [5, 5.41) is 26.1. The number of urea groups is 1. The number of benzene rings is 3. The molecule has 3 aromatic rings. The summed E-state index contributed by atoms with van der Waals surface area (Å²) in [6.07, 6.45) is -1.28. The predicted molar refractivity (Wildman–Crippen MR) is 149 cm³/mol. The van der Waals surface area contributed by atoms with Gasteiger partial charge < -0.3 is 25.6 Å². The highest BCUT2D eigenvalue weighted by molar-refractivity contribution is 14.1. The number of nitrogens with one attached hydrogen (secondary N) is 2. The Morgan fingerprint density at radius 3 is 2.49 bits per heavy atom. The minimum atomic E-state index is -1.28. The fourth-order valence-corrected chi connectivity index (χ4v) is 5.20. The summed E-state index contributed by atoms with van der Waals surface area (Å²) >= 11 is 2.21. The second-order valence-corrected chi connectivity index (χ2v) is 10.2. The first-order valence-corrected chi connectivity index (χ1v) is 13.1. The summed E-state index contributed by atoms with van der Waals surface area (Å²) in [5.74, 6) is -0.224. The number of aryl methyl sites for hydroxylation is 1. The average molecular weight is 615 g/mol. The number of hydrogen-bond donors (Lipinski definition) is 4. The zero-order valence-corrected chi connectivity index (χ0v) is 22.8. The third kappa shape index (κ3) is 6.06. The molecule has 3 aromatic carbocycles. The van der Waals surface area contributed by atoms with Crippen molar-refractivity contribution in [2.75, 3.05) is 18.5 Å². The van der Waals surface area contributed by atoms with Crippen LogP contribution < -0.4 is 15.4 Å². The van der Waals surface area contributed by atoms with Gasteiger partial charge in [0, 0.05) is 15.2 Å². The number of ether oxygens (including phenoxy) is 1. The Bertz CT molecular complexity index is 1240. The molecule has 0 bridgehead atoms. The van der Waals surface area contributed by atoms with Crippen LogP contribution in [0.4, 0.5) is 10.5 Å². The van der Waals surface area contributed by atoms with Gasteiger partial charge in [-0.3, -0.25) is 9.69 Å². The van der Waals surface area contributed by atoms with E-state index in [1.165, 1.54) is 4.90 Å². The Morgan fingerprint density at radius 1 is 1.14 bits per heavy atom. The molecule has 1 fully saturated rings. The Kier molecular flexibility index (Phi) is 8.67. The third-order valence-corrected chi connectivity index (χ3v) is 7.18. The molecule has 37 heavy (non-hydrogen) atoms. The standard InChI is InChI=1S/C28H30IN3O5/c1-17-16-21(29)10-13-23(17)30-26(34)25(18(2)19-6-4-3-5-7-19)32-27(35)24(31-28(32)36)20-8-11-22(12-9-20)37-15-14-33/h3-13,16,18,24-25,27,33,35H,14-15H2,1-2H3,(H,30,34)(H,31,36)/t18-,24+,25-,27+/m0/s1. The Hall–Kier alpha value is -3.15. The maximum Gasteiger partial charge on any atom is 0.320 e. The maximum atomic E-state index is 13.7. The molecule has 0 spiro atoms. The first-order valence-electron chi connectivity index (χ1n) is 12.0. The van der Waals surface area contributed by atoms with Crippen LogP contribution >= 0.6 is 22.6 Å². The van der Waals surface area contributed by atoms with Gasteiger partial charge in [0.15, 0.2) is 6.23 Å². The van der Waals surface area contributed by atoms with Gasteiger partial charge in [-0.1, -0.05) is 49.4 Å². The number of halogens is 1. The lowest BCUT2D eigenvalue weighted by Crippen LogP contribution is -2.52. The molecular formula is C28H30IN3O5. The molecule has 9 heteroatoms. The number of rotatable bonds is 9. The van der Waals surface area contributed by atoms with Gasteiger partial charge in [0.1, 0.15) is 24.4 Å². The van der Waals surface area contributed by atoms with E-state index >= 15 is 0 Å². The van der Waals surface area contributed by atoms with E-state index in [2.05, 4.69) is 33.2 Å². The summed E-state index contributed by atoms with van der Waals surface area (Å²) in [4.78, 5) is 28.2. The second-order valence-electron chi connectivity index (χ2n) is 8.98. The summed E-state index contributed by atoms with van der Waals surface area (Å²) in [6.45, 7) is 3.86. The van der Waals surface area contributed by atoms with Crippen LogP contribution in [-0.2, 0) is 4.79 Å². The van der Waals surface area contributed by atoms with Gasteiger partial charge >= 0.3 is 6.03 Å². The molecule has 4 atom stereocenters. The normalized spacial score (nSPS) is 18.7. The lowest BCUT2D eigenvalue weighted by Gasteiger charge is -2.34. The van der Waals surface area contributed by atoms with Crippen LogP contribution in [0.5, 0.6) is 5.75 Å². The monoisotopic (exact) mass is 615 g/mol. The number of hydrogen-bond acceptors (Lipinski definition) is 5. The molecule has 1 aliphatic heterocycles. The molecule has 0 aromatic heterocycles. The lowest BCUT2D eigenvalue weighted by molar-refractivity contribution is -0.124. The quantitative estimate of drug-likeness (QED) is 0.270. The van der Waals surface area contributed by atoms with Crippen molar-refractivity contribution in [3.8, 4) is 5.75 Å². The molecular weight excluding hydrogens is 585 g/mol. The maximum absolute atomic E-state index is 13.7. The molecule has 0 aliphatic carbocycles. The molecule has 194 valence electrons. The Morgan fingerprint density at radius 2 is 1.84 bits per heavy atom. The van der Waals surface area contributed by atoms with Crippen molar-refractivity contribution in [2.45, 2.75) is 38.1 Å². The highest BCUT2D eigenvalue weighted by Gasteiger charge is 2.47. The molecule has 0 radical (unpaired) electrons. The molecule has 1 saturated heterocycles. The predicted octanol–water partition coefficient (Wildman–Crippen LogP) is 4.17. The number of carbonyl (C=O) groups is 2.